The number of carbonyl (C=O) groups excluding carboxylic acids is 1. The molecule has 0 radical (unpaired) electrons. The van der Waals surface area contributed by atoms with Gasteiger partial charge in [0.05, 0.1) is 23.3 Å². The molecular formula is C28H24F2N4O. The van der Waals surface area contributed by atoms with E-state index in [0.29, 0.717) is 28.3 Å². The summed E-state index contributed by atoms with van der Waals surface area (Å²) in [5.74, 6) is -0.635. The number of carbonyl (C=O) groups is 1. The summed E-state index contributed by atoms with van der Waals surface area (Å²) in [6, 6.07) is 16.6. The van der Waals surface area contributed by atoms with Crippen molar-refractivity contribution in [2.24, 2.45) is 5.92 Å². The summed E-state index contributed by atoms with van der Waals surface area (Å²) in [4.78, 5) is 25.5. The normalized spacial score (nSPS) is 19.4. The molecule has 35 heavy (non-hydrogen) atoms. The smallest absolute Gasteiger partial charge is 0.161 e. The molecule has 2 aliphatic heterocycles. The third-order valence-electron chi connectivity index (χ3n) is 7.24. The highest BCUT2D eigenvalue weighted by Gasteiger charge is 2.44. The fourth-order valence-electron chi connectivity index (χ4n) is 5.47. The molecule has 1 aromatic heterocycles. The van der Waals surface area contributed by atoms with Crippen molar-refractivity contribution in [2.75, 3.05) is 29.4 Å². The number of anilines is 2. The lowest BCUT2D eigenvalue weighted by molar-refractivity contribution is 0.112. The van der Waals surface area contributed by atoms with Crippen molar-refractivity contribution in [1.82, 2.24) is 9.97 Å². The van der Waals surface area contributed by atoms with Crippen LogP contribution in [0.5, 0.6) is 0 Å². The predicted molar refractivity (Wildman–Crippen MR) is 133 cm³/mol. The Balaban J connectivity index is 1.34. The van der Waals surface area contributed by atoms with Crippen LogP contribution in [0.2, 0.25) is 0 Å². The van der Waals surface area contributed by atoms with Gasteiger partial charge in [0.25, 0.3) is 0 Å². The van der Waals surface area contributed by atoms with Gasteiger partial charge in [-0.3, -0.25) is 9.78 Å². The minimum absolute atomic E-state index is 0.259. The van der Waals surface area contributed by atoms with E-state index in [1.807, 2.05) is 43.3 Å². The molecule has 2 fully saturated rings. The van der Waals surface area contributed by atoms with Gasteiger partial charge in [0.1, 0.15) is 5.82 Å². The maximum atomic E-state index is 13.8. The lowest BCUT2D eigenvalue weighted by Gasteiger charge is -2.55. The molecule has 7 heteroatoms. The van der Waals surface area contributed by atoms with Gasteiger partial charge in [-0.2, -0.15) is 0 Å². The molecule has 0 aliphatic carbocycles. The van der Waals surface area contributed by atoms with Crippen LogP contribution in [0.4, 0.5) is 20.3 Å². The number of aldehydes is 1. The zero-order valence-corrected chi connectivity index (χ0v) is 19.3. The number of benzene rings is 3. The second-order valence-corrected chi connectivity index (χ2v) is 9.43. The van der Waals surface area contributed by atoms with Crippen LogP contribution >= 0.6 is 0 Å². The van der Waals surface area contributed by atoms with Gasteiger partial charge in [0.2, 0.25) is 0 Å². The van der Waals surface area contributed by atoms with Crippen molar-refractivity contribution in [2.45, 2.75) is 19.4 Å². The number of nitrogens with zero attached hydrogens (tertiary/aromatic N) is 4. The molecule has 2 atom stereocenters. The molecule has 6 rings (SSSR count). The van der Waals surface area contributed by atoms with Crippen LogP contribution in [0.25, 0.3) is 22.2 Å². The average Bonchev–Trinajstić information content (AvgIpc) is 2.85. The molecule has 176 valence electrons. The highest BCUT2D eigenvalue weighted by Crippen LogP contribution is 2.43. The fourth-order valence-corrected chi connectivity index (χ4v) is 5.47. The van der Waals surface area contributed by atoms with Crippen LogP contribution < -0.4 is 9.80 Å². The molecule has 5 nitrogen and oxygen atoms in total. The Bertz CT molecular complexity index is 1440. The summed E-state index contributed by atoms with van der Waals surface area (Å²) in [5, 5.41) is 0. The monoisotopic (exact) mass is 470 g/mol. The highest BCUT2D eigenvalue weighted by molar-refractivity contribution is 5.95. The standard InChI is InChI=1S/C28H24F2N4O/c1-17-9-20(16-35)28(18-5-3-2-4-6-18)25(10-17)34-14-19-7-8-33(15-26(19)34)27-13-31-23-11-21(29)22(30)12-24(23)32-27/h2-6,9-13,16,19,26H,7-8,14-15H2,1H3/t19-,26-/m1/s1. The minimum Gasteiger partial charge on any atom is -0.366 e. The predicted octanol–water partition coefficient (Wildman–Crippen LogP) is 5.41. The minimum atomic E-state index is -0.924. The van der Waals surface area contributed by atoms with Crippen LogP contribution in [0.1, 0.15) is 22.3 Å². The molecular weight excluding hydrogens is 446 g/mol. The Kier molecular flexibility index (Phi) is 5.20. The maximum Gasteiger partial charge on any atom is 0.161 e. The first-order valence-corrected chi connectivity index (χ1v) is 11.8. The number of rotatable bonds is 4. The van der Waals surface area contributed by atoms with Crippen LogP contribution in [-0.2, 0) is 0 Å². The summed E-state index contributed by atoms with van der Waals surface area (Å²) in [5.41, 5.74) is 5.48. The molecule has 4 aromatic rings. The number of halogens is 2. The van der Waals surface area contributed by atoms with Gasteiger partial charge in [-0.05, 0) is 36.6 Å². The maximum absolute atomic E-state index is 13.8. The number of hydrogen-bond acceptors (Lipinski definition) is 5. The Hall–Kier alpha value is -3.87. The molecule has 3 heterocycles. The van der Waals surface area contributed by atoms with E-state index in [1.54, 1.807) is 6.20 Å². The number of fused-ring (bicyclic) bond motifs is 2. The van der Waals surface area contributed by atoms with Crippen molar-refractivity contribution in [3.05, 3.63) is 83.6 Å². The largest absolute Gasteiger partial charge is 0.366 e. The van der Waals surface area contributed by atoms with Crippen LogP contribution in [-0.4, -0.2) is 41.9 Å². The van der Waals surface area contributed by atoms with Crippen LogP contribution in [0, 0.1) is 24.5 Å². The highest BCUT2D eigenvalue weighted by atomic mass is 19.2. The van der Waals surface area contributed by atoms with E-state index in [2.05, 4.69) is 25.8 Å². The molecule has 0 amide bonds. The molecule has 0 saturated carbocycles. The Morgan fingerprint density at radius 1 is 1.00 bits per heavy atom. The Morgan fingerprint density at radius 3 is 2.54 bits per heavy atom. The van der Waals surface area contributed by atoms with Gasteiger partial charge in [0.15, 0.2) is 17.9 Å². The van der Waals surface area contributed by atoms with Gasteiger partial charge < -0.3 is 9.80 Å². The molecule has 0 N–H and O–H groups in total. The van der Waals surface area contributed by atoms with Gasteiger partial charge in [-0.1, -0.05) is 30.3 Å². The number of aryl methyl sites for hydroxylation is 1. The topological polar surface area (TPSA) is 49.3 Å². The van der Waals surface area contributed by atoms with Crippen molar-refractivity contribution in [3.8, 4) is 11.1 Å². The second-order valence-electron chi connectivity index (χ2n) is 9.43. The third kappa shape index (κ3) is 3.71. The van der Waals surface area contributed by atoms with E-state index in [4.69, 9.17) is 0 Å². The summed E-state index contributed by atoms with van der Waals surface area (Å²) < 4.78 is 27.3. The molecule has 2 saturated heterocycles. The lowest BCUT2D eigenvalue weighted by atomic mass is 9.80. The number of aromatic nitrogens is 2. The van der Waals surface area contributed by atoms with Crippen molar-refractivity contribution < 1.29 is 13.6 Å². The Labute approximate surface area is 202 Å². The van der Waals surface area contributed by atoms with Crippen molar-refractivity contribution >= 4 is 28.8 Å². The first-order valence-electron chi connectivity index (χ1n) is 11.8. The zero-order chi connectivity index (χ0) is 24.1. The number of piperidine rings is 1. The third-order valence-corrected chi connectivity index (χ3v) is 7.24. The van der Waals surface area contributed by atoms with Gasteiger partial charge in [-0.15, -0.1) is 0 Å². The number of hydrogen-bond donors (Lipinski definition) is 0. The molecule has 0 bridgehead atoms. The fraction of sp³-hybridized carbons (Fsp3) is 0.250. The summed E-state index contributed by atoms with van der Waals surface area (Å²) in [6.45, 7) is 4.53. The second kappa shape index (κ2) is 8.41. The van der Waals surface area contributed by atoms with Crippen LogP contribution in [0.3, 0.4) is 0 Å². The Morgan fingerprint density at radius 2 is 1.77 bits per heavy atom. The summed E-state index contributed by atoms with van der Waals surface area (Å²) in [7, 11) is 0. The summed E-state index contributed by atoms with van der Waals surface area (Å²) in [6.07, 6.45) is 3.58. The van der Waals surface area contributed by atoms with Gasteiger partial charge >= 0.3 is 0 Å². The van der Waals surface area contributed by atoms with Crippen molar-refractivity contribution in [3.63, 3.8) is 0 Å². The molecule has 3 aromatic carbocycles. The van der Waals surface area contributed by atoms with E-state index in [1.165, 1.54) is 0 Å². The quantitative estimate of drug-likeness (QED) is 0.373. The molecule has 2 aliphatic rings. The van der Waals surface area contributed by atoms with Crippen molar-refractivity contribution in [1.29, 1.82) is 0 Å². The van der Waals surface area contributed by atoms with E-state index in [-0.39, 0.29) is 6.04 Å². The van der Waals surface area contributed by atoms with Gasteiger partial charge in [-0.25, -0.2) is 13.8 Å². The van der Waals surface area contributed by atoms with E-state index in [0.717, 1.165) is 66.9 Å². The SMILES string of the molecule is Cc1cc(C=O)c(-c2ccccc2)c(N2C[C@H]3CCN(c4cnc5cc(F)c(F)cc5n4)C[C@H]32)c1. The zero-order valence-electron chi connectivity index (χ0n) is 19.3. The van der Waals surface area contributed by atoms with E-state index in [9.17, 15) is 13.6 Å². The first-order chi connectivity index (χ1) is 17.0. The van der Waals surface area contributed by atoms with Crippen LogP contribution in [0.15, 0.2) is 60.8 Å². The molecule has 0 unspecified atom stereocenters. The first kappa shape index (κ1) is 21.6. The van der Waals surface area contributed by atoms with Gasteiger partial charge in [0, 0.05) is 54.5 Å². The van der Waals surface area contributed by atoms with E-state index < -0.39 is 11.6 Å². The lowest BCUT2D eigenvalue weighted by Crippen LogP contribution is -2.64. The summed E-state index contributed by atoms with van der Waals surface area (Å²) >= 11 is 0. The average molecular weight is 471 g/mol. The molecule has 0 spiro atoms. The van der Waals surface area contributed by atoms with E-state index >= 15 is 0 Å².